The number of aromatic nitrogens is 3. The average Bonchev–Trinajstić information content (AvgIpc) is 3.12. The van der Waals surface area contributed by atoms with Crippen LogP contribution in [0.3, 0.4) is 0 Å². The molecule has 0 saturated carbocycles. The van der Waals surface area contributed by atoms with E-state index < -0.39 is 17.0 Å². The van der Waals surface area contributed by atoms with Crippen LogP contribution in [0.4, 0.5) is 4.39 Å². The van der Waals surface area contributed by atoms with E-state index in [1.165, 1.54) is 22.9 Å². The number of nitrogens with two attached hydrogens (primary N) is 1. The SMILES string of the molecule is CCOc1cc(C(=O)NCC(C)(O)c2cc(C(C)(C)N)cc(-c3ccc(F)cc3)n2)n(C)n1. The van der Waals surface area contributed by atoms with E-state index >= 15 is 0 Å². The molecule has 4 N–H and O–H groups in total. The predicted molar refractivity (Wildman–Crippen MR) is 123 cm³/mol. The second-order valence-electron chi connectivity index (χ2n) is 8.74. The maximum absolute atomic E-state index is 13.4. The van der Waals surface area contributed by atoms with Gasteiger partial charge >= 0.3 is 0 Å². The molecule has 0 aliphatic heterocycles. The summed E-state index contributed by atoms with van der Waals surface area (Å²) in [5, 5.41) is 18.1. The summed E-state index contributed by atoms with van der Waals surface area (Å²) < 4.78 is 20.1. The topological polar surface area (TPSA) is 115 Å². The van der Waals surface area contributed by atoms with E-state index in [0.29, 0.717) is 35.1 Å². The first-order valence-corrected chi connectivity index (χ1v) is 10.7. The molecule has 0 saturated heterocycles. The van der Waals surface area contributed by atoms with E-state index in [1.54, 1.807) is 32.2 Å². The first kappa shape index (κ1) is 24.3. The van der Waals surface area contributed by atoms with Gasteiger partial charge in [-0.15, -0.1) is 5.10 Å². The number of benzene rings is 1. The number of amides is 1. The average molecular weight is 456 g/mol. The molecule has 1 unspecified atom stereocenters. The van der Waals surface area contributed by atoms with Crippen LogP contribution in [0.15, 0.2) is 42.5 Å². The lowest BCUT2D eigenvalue weighted by Gasteiger charge is -2.27. The molecule has 1 atom stereocenters. The van der Waals surface area contributed by atoms with Crippen LogP contribution in [0.5, 0.6) is 5.88 Å². The monoisotopic (exact) mass is 455 g/mol. The summed E-state index contributed by atoms with van der Waals surface area (Å²) in [7, 11) is 1.64. The summed E-state index contributed by atoms with van der Waals surface area (Å²) >= 11 is 0. The fraction of sp³-hybridized carbons (Fsp3) is 0.375. The smallest absolute Gasteiger partial charge is 0.269 e. The number of ether oxygens (including phenoxy) is 1. The van der Waals surface area contributed by atoms with Crippen LogP contribution in [0.1, 0.15) is 49.4 Å². The van der Waals surface area contributed by atoms with E-state index in [1.807, 2.05) is 26.8 Å². The molecule has 8 nitrogen and oxygen atoms in total. The Balaban J connectivity index is 1.89. The number of nitrogens with zero attached hydrogens (tertiary/aromatic N) is 3. The van der Waals surface area contributed by atoms with Gasteiger partial charge in [-0.3, -0.25) is 9.48 Å². The third-order valence-corrected chi connectivity index (χ3v) is 5.24. The van der Waals surface area contributed by atoms with E-state index in [4.69, 9.17) is 10.5 Å². The van der Waals surface area contributed by atoms with Crippen molar-refractivity contribution in [1.82, 2.24) is 20.1 Å². The van der Waals surface area contributed by atoms with Gasteiger partial charge in [0.2, 0.25) is 5.88 Å². The number of nitrogens with one attached hydrogen (secondary N) is 1. The molecule has 3 rings (SSSR count). The lowest BCUT2D eigenvalue weighted by molar-refractivity contribution is 0.0486. The maximum Gasteiger partial charge on any atom is 0.269 e. The molecule has 2 heterocycles. The van der Waals surface area contributed by atoms with E-state index in [0.717, 1.165) is 5.56 Å². The highest BCUT2D eigenvalue weighted by Crippen LogP contribution is 2.29. The van der Waals surface area contributed by atoms with Crippen LogP contribution < -0.4 is 15.8 Å². The van der Waals surface area contributed by atoms with E-state index in [9.17, 15) is 14.3 Å². The zero-order valence-corrected chi connectivity index (χ0v) is 19.5. The number of aryl methyl sites for hydroxylation is 1. The Morgan fingerprint density at radius 2 is 1.88 bits per heavy atom. The summed E-state index contributed by atoms with van der Waals surface area (Å²) in [6, 6.07) is 11.0. The summed E-state index contributed by atoms with van der Waals surface area (Å²) in [5.41, 5.74) is 6.70. The quantitative estimate of drug-likeness (QED) is 0.481. The molecular weight excluding hydrogens is 425 g/mol. The minimum absolute atomic E-state index is 0.106. The Kier molecular flexibility index (Phi) is 6.85. The lowest BCUT2D eigenvalue weighted by Crippen LogP contribution is -2.40. The van der Waals surface area contributed by atoms with Crippen molar-refractivity contribution in [2.45, 2.75) is 38.8 Å². The van der Waals surface area contributed by atoms with Gasteiger partial charge in [-0.05, 0) is 69.7 Å². The van der Waals surface area contributed by atoms with Crippen LogP contribution in [0, 0.1) is 5.82 Å². The molecule has 0 fully saturated rings. The molecule has 0 aliphatic rings. The maximum atomic E-state index is 13.4. The Labute approximate surface area is 192 Å². The number of hydrogen-bond donors (Lipinski definition) is 3. The van der Waals surface area contributed by atoms with Gasteiger partial charge < -0.3 is 20.9 Å². The minimum atomic E-state index is -1.51. The number of carbonyl (C=O) groups is 1. The third-order valence-electron chi connectivity index (χ3n) is 5.24. The van der Waals surface area contributed by atoms with Gasteiger partial charge in [-0.2, -0.15) is 0 Å². The molecule has 2 aromatic heterocycles. The molecule has 1 aromatic carbocycles. The second-order valence-corrected chi connectivity index (χ2v) is 8.74. The molecule has 176 valence electrons. The highest BCUT2D eigenvalue weighted by molar-refractivity contribution is 5.92. The number of halogens is 1. The molecule has 0 radical (unpaired) electrons. The molecular formula is C24H30FN5O3. The summed E-state index contributed by atoms with van der Waals surface area (Å²) in [4.78, 5) is 17.3. The molecule has 0 spiro atoms. The van der Waals surface area contributed by atoms with E-state index in [2.05, 4.69) is 15.4 Å². The number of carbonyl (C=O) groups excluding carboxylic acids is 1. The first-order chi connectivity index (χ1) is 15.4. The van der Waals surface area contributed by atoms with Crippen molar-refractivity contribution in [3.05, 3.63) is 65.2 Å². The van der Waals surface area contributed by atoms with Crippen LogP contribution in [0.2, 0.25) is 0 Å². The van der Waals surface area contributed by atoms with Gasteiger partial charge in [0, 0.05) is 24.2 Å². The summed E-state index contributed by atoms with van der Waals surface area (Å²) in [6.07, 6.45) is 0. The molecule has 3 aromatic rings. The van der Waals surface area contributed by atoms with E-state index in [-0.39, 0.29) is 12.4 Å². The Bertz CT molecular complexity index is 1130. The number of hydrogen-bond acceptors (Lipinski definition) is 6. The van der Waals surface area contributed by atoms with Crippen molar-refractivity contribution in [2.75, 3.05) is 13.2 Å². The minimum Gasteiger partial charge on any atom is -0.477 e. The van der Waals surface area contributed by atoms with Crippen LogP contribution in [-0.2, 0) is 18.2 Å². The van der Waals surface area contributed by atoms with Crippen molar-refractivity contribution in [1.29, 1.82) is 0 Å². The second kappa shape index (κ2) is 9.29. The molecule has 33 heavy (non-hydrogen) atoms. The van der Waals surface area contributed by atoms with Gasteiger partial charge in [0.1, 0.15) is 17.1 Å². The van der Waals surface area contributed by atoms with Crippen molar-refractivity contribution in [3.63, 3.8) is 0 Å². The van der Waals surface area contributed by atoms with Crippen molar-refractivity contribution < 1.29 is 19.0 Å². The number of aliphatic hydroxyl groups is 1. The Morgan fingerprint density at radius 1 is 1.21 bits per heavy atom. The standard InChI is InChI=1S/C24H30FN5O3/c1-6-33-21-13-19(30(5)29-21)22(31)27-14-24(4,32)20-12-16(23(2,3)26)11-18(28-20)15-7-9-17(25)10-8-15/h7-13,32H,6,14,26H2,1-5H3,(H,27,31). The van der Waals surface area contributed by atoms with Gasteiger partial charge in [0.15, 0.2) is 0 Å². The Morgan fingerprint density at radius 3 is 2.48 bits per heavy atom. The van der Waals surface area contributed by atoms with Crippen LogP contribution >= 0.6 is 0 Å². The van der Waals surface area contributed by atoms with Crippen molar-refractivity contribution in [2.24, 2.45) is 12.8 Å². The highest BCUT2D eigenvalue weighted by atomic mass is 19.1. The lowest BCUT2D eigenvalue weighted by atomic mass is 9.90. The van der Waals surface area contributed by atoms with Crippen molar-refractivity contribution in [3.8, 4) is 17.1 Å². The normalized spacial score (nSPS) is 13.5. The van der Waals surface area contributed by atoms with Crippen LogP contribution in [0.25, 0.3) is 11.3 Å². The Hall–Kier alpha value is -3.30. The van der Waals surface area contributed by atoms with Crippen LogP contribution in [-0.4, -0.2) is 38.9 Å². The zero-order chi connectivity index (χ0) is 24.4. The summed E-state index contributed by atoms with van der Waals surface area (Å²) in [5.74, 6) is -0.419. The third kappa shape index (κ3) is 5.74. The van der Waals surface area contributed by atoms with Crippen molar-refractivity contribution >= 4 is 5.91 Å². The molecule has 0 bridgehead atoms. The highest BCUT2D eigenvalue weighted by Gasteiger charge is 2.29. The first-order valence-electron chi connectivity index (χ1n) is 10.7. The summed E-state index contributed by atoms with van der Waals surface area (Å²) in [6.45, 7) is 7.40. The van der Waals surface area contributed by atoms with Gasteiger partial charge in [-0.1, -0.05) is 0 Å². The fourth-order valence-electron chi connectivity index (χ4n) is 3.25. The zero-order valence-electron chi connectivity index (χ0n) is 19.5. The van der Waals surface area contributed by atoms with Gasteiger partial charge in [0.25, 0.3) is 5.91 Å². The molecule has 0 aliphatic carbocycles. The molecule has 1 amide bonds. The number of pyridine rings is 1. The van der Waals surface area contributed by atoms with Gasteiger partial charge in [-0.25, -0.2) is 9.37 Å². The number of rotatable bonds is 8. The fourth-order valence-corrected chi connectivity index (χ4v) is 3.25. The largest absolute Gasteiger partial charge is 0.477 e. The predicted octanol–water partition coefficient (Wildman–Crippen LogP) is 2.85. The van der Waals surface area contributed by atoms with Gasteiger partial charge in [0.05, 0.1) is 24.5 Å². The molecule has 9 heteroatoms.